The van der Waals surface area contributed by atoms with Gasteiger partial charge in [-0.3, -0.25) is 14.6 Å². The zero-order valence-corrected chi connectivity index (χ0v) is 14.1. The summed E-state index contributed by atoms with van der Waals surface area (Å²) in [5, 5.41) is 2.62. The maximum absolute atomic E-state index is 12.7. The summed E-state index contributed by atoms with van der Waals surface area (Å²) in [7, 11) is 0. The van der Waals surface area contributed by atoms with Crippen molar-refractivity contribution in [2.24, 2.45) is 0 Å². The Morgan fingerprint density at radius 1 is 1.32 bits per heavy atom. The van der Waals surface area contributed by atoms with Gasteiger partial charge in [-0.2, -0.15) is 0 Å². The van der Waals surface area contributed by atoms with Crippen LogP contribution in [0.2, 0.25) is 0 Å². The molecule has 1 atom stereocenters. The Hall–Kier alpha value is -2.96. The minimum absolute atomic E-state index is 0.119. The Labute approximate surface area is 146 Å². The number of carbonyl (C=O) groups excluding carboxylic acids is 2. The van der Waals surface area contributed by atoms with Crippen molar-refractivity contribution in [1.29, 1.82) is 0 Å². The van der Waals surface area contributed by atoms with E-state index in [1.807, 2.05) is 12.1 Å². The van der Waals surface area contributed by atoms with E-state index in [9.17, 15) is 9.59 Å². The number of likely N-dealkylation sites (tertiary alicyclic amines) is 1. The van der Waals surface area contributed by atoms with Gasteiger partial charge in [0.2, 0.25) is 0 Å². The number of nitrogens with two attached hydrogens (primary N) is 1. The molecule has 3 N–H and O–H groups in total. The number of anilines is 2. The molecule has 0 saturated carbocycles. The van der Waals surface area contributed by atoms with Crippen LogP contribution in [0.1, 0.15) is 36.4 Å². The van der Waals surface area contributed by atoms with E-state index in [1.165, 1.54) is 6.20 Å². The maximum atomic E-state index is 12.7. The summed E-state index contributed by atoms with van der Waals surface area (Å²) < 4.78 is 0. The number of aryl methyl sites for hydroxylation is 1. The van der Waals surface area contributed by atoms with Crippen LogP contribution in [-0.4, -0.2) is 33.2 Å². The average Bonchev–Trinajstić information content (AvgIpc) is 2.65. The van der Waals surface area contributed by atoms with Crippen molar-refractivity contribution < 1.29 is 9.59 Å². The summed E-state index contributed by atoms with van der Waals surface area (Å²) in [4.78, 5) is 34.8. The number of carbonyl (C=O) groups is 2. The van der Waals surface area contributed by atoms with Crippen LogP contribution in [0.5, 0.6) is 0 Å². The van der Waals surface area contributed by atoms with Crippen LogP contribution in [0.3, 0.4) is 0 Å². The van der Waals surface area contributed by atoms with Crippen molar-refractivity contribution >= 4 is 23.3 Å². The molecule has 3 rings (SSSR count). The summed E-state index contributed by atoms with van der Waals surface area (Å²) in [6.07, 6.45) is 7.63. The van der Waals surface area contributed by atoms with Crippen molar-refractivity contribution in [2.75, 3.05) is 17.6 Å². The van der Waals surface area contributed by atoms with Crippen molar-refractivity contribution in [2.45, 2.75) is 32.2 Å². The van der Waals surface area contributed by atoms with Gasteiger partial charge in [-0.15, -0.1) is 0 Å². The average molecular weight is 339 g/mol. The number of nitrogen functional groups attached to an aromatic ring is 1. The molecule has 25 heavy (non-hydrogen) atoms. The molecule has 0 unspecified atom stereocenters. The Morgan fingerprint density at radius 2 is 2.16 bits per heavy atom. The van der Waals surface area contributed by atoms with Crippen LogP contribution in [0.25, 0.3) is 0 Å². The van der Waals surface area contributed by atoms with Gasteiger partial charge in [0.05, 0.1) is 17.9 Å². The molecule has 7 heteroatoms. The van der Waals surface area contributed by atoms with Gasteiger partial charge in [-0.05, 0) is 49.4 Å². The molecular formula is C18H21N5O2. The second kappa shape index (κ2) is 7.29. The van der Waals surface area contributed by atoms with Gasteiger partial charge < -0.3 is 16.0 Å². The second-order valence-corrected chi connectivity index (χ2v) is 6.18. The number of piperidine rings is 1. The minimum atomic E-state index is -0.665. The SMILES string of the molecule is Cc1cc(NC(=O)C(=O)N2CCCC[C@H]2c2cccnc2)cnc1N. The van der Waals surface area contributed by atoms with E-state index in [1.54, 1.807) is 30.3 Å². The van der Waals surface area contributed by atoms with Gasteiger partial charge in [0.15, 0.2) is 0 Å². The fourth-order valence-corrected chi connectivity index (χ4v) is 3.06. The maximum Gasteiger partial charge on any atom is 0.313 e. The quantitative estimate of drug-likeness (QED) is 0.816. The smallest absolute Gasteiger partial charge is 0.313 e. The largest absolute Gasteiger partial charge is 0.383 e. The number of rotatable bonds is 2. The summed E-state index contributed by atoms with van der Waals surface area (Å²) >= 11 is 0. The zero-order valence-electron chi connectivity index (χ0n) is 14.1. The van der Waals surface area contributed by atoms with E-state index in [2.05, 4.69) is 15.3 Å². The van der Waals surface area contributed by atoms with Crippen LogP contribution >= 0.6 is 0 Å². The molecule has 0 radical (unpaired) electrons. The Kier molecular flexibility index (Phi) is 4.92. The fourth-order valence-electron chi connectivity index (χ4n) is 3.06. The number of hydrogen-bond donors (Lipinski definition) is 2. The molecule has 0 aromatic carbocycles. The van der Waals surface area contributed by atoms with Crippen molar-refractivity contribution in [1.82, 2.24) is 14.9 Å². The van der Waals surface area contributed by atoms with E-state index in [4.69, 9.17) is 5.73 Å². The summed E-state index contributed by atoms with van der Waals surface area (Å²) in [6.45, 7) is 2.35. The van der Waals surface area contributed by atoms with E-state index in [0.29, 0.717) is 18.1 Å². The lowest BCUT2D eigenvalue weighted by Gasteiger charge is -2.35. The molecule has 1 aliphatic rings. The van der Waals surface area contributed by atoms with Crippen molar-refractivity contribution in [3.63, 3.8) is 0 Å². The predicted octanol–water partition coefficient (Wildman–Crippen LogP) is 2.06. The van der Waals surface area contributed by atoms with Gasteiger partial charge >= 0.3 is 11.8 Å². The van der Waals surface area contributed by atoms with Gasteiger partial charge in [-0.1, -0.05) is 6.07 Å². The molecule has 1 fully saturated rings. The molecule has 130 valence electrons. The monoisotopic (exact) mass is 339 g/mol. The number of nitrogens with one attached hydrogen (secondary N) is 1. The fraction of sp³-hybridized carbons (Fsp3) is 0.333. The first kappa shape index (κ1) is 16.9. The van der Waals surface area contributed by atoms with E-state index < -0.39 is 11.8 Å². The van der Waals surface area contributed by atoms with E-state index >= 15 is 0 Å². The number of hydrogen-bond acceptors (Lipinski definition) is 5. The number of aromatic nitrogens is 2. The summed E-state index contributed by atoms with van der Waals surface area (Å²) in [6, 6.07) is 5.36. The first-order valence-electron chi connectivity index (χ1n) is 8.30. The van der Waals surface area contributed by atoms with Gasteiger partial charge in [-0.25, -0.2) is 4.98 Å². The molecule has 0 aliphatic carbocycles. The second-order valence-electron chi connectivity index (χ2n) is 6.18. The molecule has 0 bridgehead atoms. The van der Waals surface area contributed by atoms with Crippen LogP contribution in [0.4, 0.5) is 11.5 Å². The molecule has 7 nitrogen and oxygen atoms in total. The van der Waals surface area contributed by atoms with Crippen LogP contribution < -0.4 is 11.1 Å². The van der Waals surface area contributed by atoms with E-state index in [-0.39, 0.29) is 6.04 Å². The van der Waals surface area contributed by atoms with Crippen LogP contribution in [0.15, 0.2) is 36.8 Å². The third-order valence-electron chi connectivity index (χ3n) is 4.40. The molecule has 1 saturated heterocycles. The predicted molar refractivity (Wildman–Crippen MR) is 94.6 cm³/mol. The highest BCUT2D eigenvalue weighted by Gasteiger charge is 2.31. The third-order valence-corrected chi connectivity index (χ3v) is 4.40. The lowest BCUT2D eigenvalue weighted by molar-refractivity contribution is -0.145. The number of nitrogens with zero attached hydrogens (tertiary/aromatic N) is 3. The van der Waals surface area contributed by atoms with Gasteiger partial charge in [0.1, 0.15) is 5.82 Å². The lowest BCUT2D eigenvalue weighted by Crippen LogP contribution is -2.44. The van der Waals surface area contributed by atoms with Crippen LogP contribution in [-0.2, 0) is 9.59 Å². The Morgan fingerprint density at radius 3 is 2.88 bits per heavy atom. The highest BCUT2D eigenvalue weighted by atomic mass is 16.2. The number of pyridine rings is 2. The molecule has 1 aliphatic heterocycles. The van der Waals surface area contributed by atoms with Crippen LogP contribution in [0, 0.1) is 6.92 Å². The first-order chi connectivity index (χ1) is 12.1. The normalized spacial score (nSPS) is 17.2. The molecule has 2 amide bonds. The molecular weight excluding hydrogens is 318 g/mol. The Balaban J connectivity index is 1.75. The Bertz CT molecular complexity index is 778. The standard InChI is InChI=1S/C18H21N5O2/c1-12-9-14(11-21-16(12)19)22-17(24)18(25)23-8-3-2-6-15(23)13-5-4-7-20-10-13/h4-5,7,9-11,15H,2-3,6,8H2,1H3,(H2,19,21)(H,22,24)/t15-/m0/s1. The molecule has 0 spiro atoms. The summed E-state index contributed by atoms with van der Waals surface area (Å²) in [5.74, 6) is -0.804. The third kappa shape index (κ3) is 3.76. The zero-order chi connectivity index (χ0) is 17.8. The number of amides is 2. The van der Waals surface area contributed by atoms with E-state index in [0.717, 1.165) is 30.4 Å². The lowest BCUT2D eigenvalue weighted by atomic mass is 9.96. The molecule has 2 aromatic heterocycles. The first-order valence-corrected chi connectivity index (χ1v) is 8.30. The molecule has 2 aromatic rings. The molecule has 3 heterocycles. The van der Waals surface area contributed by atoms with Gasteiger partial charge in [0, 0.05) is 18.9 Å². The highest BCUT2D eigenvalue weighted by Crippen LogP contribution is 2.30. The van der Waals surface area contributed by atoms with Crippen molar-refractivity contribution in [3.8, 4) is 0 Å². The van der Waals surface area contributed by atoms with Gasteiger partial charge in [0.25, 0.3) is 0 Å². The van der Waals surface area contributed by atoms with Crippen molar-refractivity contribution in [3.05, 3.63) is 47.9 Å². The summed E-state index contributed by atoms with van der Waals surface area (Å²) in [5.41, 5.74) is 7.83. The topological polar surface area (TPSA) is 101 Å². The highest BCUT2D eigenvalue weighted by molar-refractivity contribution is 6.39. The minimum Gasteiger partial charge on any atom is -0.383 e.